The van der Waals surface area contributed by atoms with Gasteiger partial charge >= 0.3 is 0 Å². The second-order valence-electron chi connectivity index (χ2n) is 3.60. The zero-order valence-corrected chi connectivity index (χ0v) is 9.01. The Kier molecular flexibility index (Phi) is 2.34. The first-order chi connectivity index (χ1) is 8.43. The van der Waals surface area contributed by atoms with Crippen molar-refractivity contribution in [3.05, 3.63) is 48.4 Å². The van der Waals surface area contributed by atoms with Gasteiger partial charge < -0.3 is 9.97 Å². The molecule has 5 nitrogen and oxygen atoms in total. The third-order valence-corrected chi connectivity index (χ3v) is 2.49. The molecule has 0 radical (unpaired) electrons. The third-order valence-electron chi connectivity index (χ3n) is 2.49. The van der Waals surface area contributed by atoms with E-state index in [1.165, 1.54) is 0 Å². The fourth-order valence-corrected chi connectivity index (χ4v) is 1.69. The van der Waals surface area contributed by atoms with Crippen molar-refractivity contribution >= 4 is 23.1 Å². The first kappa shape index (κ1) is 9.65. The van der Waals surface area contributed by atoms with Crippen molar-refractivity contribution in [1.29, 1.82) is 0 Å². The molecule has 5 heteroatoms. The quantitative estimate of drug-likeness (QED) is 0.473. The summed E-state index contributed by atoms with van der Waals surface area (Å²) in [5.74, 6) is 0.626. The zero-order valence-electron chi connectivity index (χ0n) is 9.01. The van der Waals surface area contributed by atoms with Gasteiger partial charge in [-0.1, -0.05) is 18.2 Å². The van der Waals surface area contributed by atoms with Gasteiger partial charge in [-0.15, -0.1) is 0 Å². The minimum Gasteiger partial charge on any atom is -0.361 e. The fourth-order valence-electron chi connectivity index (χ4n) is 1.69. The van der Waals surface area contributed by atoms with Gasteiger partial charge in [-0.05, 0) is 6.07 Å². The van der Waals surface area contributed by atoms with Crippen LogP contribution in [-0.2, 0) is 0 Å². The summed E-state index contributed by atoms with van der Waals surface area (Å²) < 4.78 is 0. The maximum absolute atomic E-state index is 4.12. The van der Waals surface area contributed by atoms with Crippen LogP contribution in [0, 0.1) is 0 Å². The smallest absolute Gasteiger partial charge is 0.220 e. The highest BCUT2D eigenvalue weighted by molar-refractivity contribution is 5.99. The molecule has 0 saturated carbocycles. The maximum atomic E-state index is 4.12. The number of hydrazone groups is 1. The van der Waals surface area contributed by atoms with E-state index in [0.29, 0.717) is 5.95 Å². The minimum absolute atomic E-state index is 0.626. The number of aromatic amines is 2. The summed E-state index contributed by atoms with van der Waals surface area (Å²) in [5, 5.41) is 5.27. The lowest BCUT2D eigenvalue weighted by atomic mass is 10.2. The molecule has 2 aromatic heterocycles. The van der Waals surface area contributed by atoms with Crippen LogP contribution < -0.4 is 5.43 Å². The van der Waals surface area contributed by atoms with Crippen molar-refractivity contribution in [1.82, 2.24) is 15.0 Å². The van der Waals surface area contributed by atoms with E-state index < -0.39 is 0 Å². The van der Waals surface area contributed by atoms with Crippen molar-refractivity contribution in [2.75, 3.05) is 5.43 Å². The van der Waals surface area contributed by atoms with Gasteiger partial charge in [-0.25, -0.2) is 10.4 Å². The number of imidazole rings is 1. The molecule has 0 aliphatic rings. The highest BCUT2D eigenvalue weighted by Crippen LogP contribution is 2.15. The molecule has 0 aliphatic heterocycles. The van der Waals surface area contributed by atoms with Crippen molar-refractivity contribution in [2.45, 2.75) is 0 Å². The van der Waals surface area contributed by atoms with Crippen LogP contribution in [0.15, 0.2) is 48.0 Å². The Morgan fingerprint density at radius 3 is 3.06 bits per heavy atom. The Balaban J connectivity index is 1.83. The Labute approximate surface area is 97.6 Å². The number of hydrogen-bond acceptors (Lipinski definition) is 3. The summed E-state index contributed by atoms with van der Waals surface area (Å²) in [5.41, 5.74) is 4.96. The zero-order chi connectivity index (χ0) is 11.5. The second kappa shape index (κ2) is 4.13. The van der Waals surface area contributed by atoms with Crippen LogP contribution in [0.2, 0.25) is 0 Å². The molecule has 0 fully saturated rings. The number of H-pyrrole nitrogens is 2. The first-order valence-corrected chi connectivity index (χ1v) is 5.28. The minimum atomic E-state index is 0.626. The van der Waals surface area contributed by atoms with Crippen molar-refractivity contribution in [3.63, 3.8) is 0 Å². The van der Waals surface area contributed by atoms with Gasteiger partial charge in [0.2, 0.25) is 5.95 Å². The second-order valence-corrected chi connectivity index (χ2v) is 3.60. The average molecular weight is 225 g/mol. The molecular formula is C12H11N5. The lowest BCUT2D eigenvalue weighted by molar-refractivity contribution is 1.20. The summed E-state index contributed by atoms with van der Waals surface area (Å²) in [6.07, 6.45) is 7.10. The Morgan fingerprint density at radius 1 is 1.24 bits per heavy atom. The number of fused-ring (bicyclic) bond motifs is 1. The fraction of sp³-hybridized carbons (Fsp3) is 0. The molecular weight excluding hydrogens is 214 g/mol. The van der Waals surface area contributed by atoms with Crippen molar-refractivity contribution in [2.24, 2.45) is 5.10 Å². The number of rotatable bonds is 3. The van der Waals surface area contributed by atoms with Crippen LogP contribution in [0.4, 0.5) is 5.95 Å². The summed E-state index contributed by atoms with van der Waals surface area (Å²) in [6.45, 7) is 0. The number of benzene rings is 1. The van der Waals surface area contributed by atoms with E-state index in [1.807, 2.05) is 24.4 Å². The lowest BCUT2D eigenvalue weighted by Crippen LogP contribution is -1.91. The van der Waals surface area contributed by atoms with Crippen LogP contribution >= 0.6 is 0 Å². The summed E-state index contributed by atoms with van der Waals surface area (Å²) >= 11 is 0. The van der Waals surface area contributed by atoms with Gasteiger partial charge in [0, 0.05) is 35.1 Å². The van der Waals surface area contributed by atoms with E-state index in [0.717, 1.165) is 16.5 Å². The molecule has 3 N–H and O–H groups in total. The standard InChI is InChI=1S/C12H11N5/c1-2-4-11-10(3-1)9(7-15-11)8-16-17-12-13-5-6-14-12/h1-8,15H,(H2,13,14,17). The number of para-hydroxylation sites is 1. The van der Waals surface area contributed by atoms with E-state index in [9.17, 15) is 0 Å². The maximum Gasteiger partial charge on any atom is 0.220 e. The monoisotopic (exact) mass is 225 g/mol. The Hall–Kier alpha value is -2.56. The van der Waals surface area contributed by atoms with Gasteiger partial charge in [0.15, 0.2) is 0 Å². The van der Waals surface area contributed by atoms with E-state index in [-0.39, 0.29) is 0 Å². The number of anilines is 1. The molecule has 2 heterocycles. The highest BCUT2D eigenvalue weighted by Gasteiger charge is 1.99. The molecule has 17 heavy (non-hydrogen) atoms. The lowest BCUT2D eigenvalue weighted by Gasteiger charge is -1.93. The van der Waals surface area contributed by atoms with Crippen LogP contribution in [0.5, 0.6) is 0 Å². The van der Waals surface area contributed by atoms with Crippen LogP contribution in [0.25, 0.3) is 10.9 Å². The predicted octanol–water partition coefficient (Wildman–Crippen LogP) is 2.34. The average Bonchev–Trinajstić information content (AvgIpc) is 2.99. The normalized spacial score (nSPS) is 11.3. The highest BCUT2D eigenvalue weighted by atomic mass is 15.3. The van der Waals surface area contributed by atoms with E-state index in [2.05, 4.69) is 31.5 Å². The third kappa shape index (κ3) is 1.90. The van der Waals surface area contributed by atoms with Gasteiger partial charge in [-0.2, -0.15) is 5.10 Å². The van der Waals surface area contributed by atoms with E-state index in [1.54, 1.807) is 18.6 Å². The summed E-state index contributed by atoms with van der Waals surface area (Å²) in [6, 6.07) is 8.10. The molecule has 3 rings (SSSR count). The molecule has 0 bridgehead atoms. The number of nitrogens with one attached hydrogen (secondary N) is 3. The largest absolute Gasteiger partial charge is 0.361 e. The van der Waals surface area contributed by atoms with Gasteiger partial charge in [0.05, 0.1) is 6.21 Å². The van der Waals surface area contributed by atoms with E-state index >= 15 is 0 Å². The van der Waals surface area contributed by atoms with Gasteiger partial charge in [0.1, 0.15) is 0 Å². The molecule has 0 unspecified atom stereocenters. The Morgan fingerprint density at radius 2 is 2.18 bits per heavy atom. The van der Waals surface area contributed by atoms with Crippen LogP contribution in [-0.4, -0.2) is 21.2 Å². The molecule has 0 atom stereocenters. The van der Waals surface area contributed by atoms with Crippen LogP contribution in [0.1, 0.15) is 5.56 Å². The molecule has 3 aromatic rings. The van der Waals surface area contributed by atoms with E-state index in [4.69, 9.17) is 0 Å². The predicted molar refractivity (Wildman–Crippen MR) is 68.1 cm³/mol. The molecule has 1 aromatic carbocycles. The van der Waals surface area contributed by atoms with Crippen molar-refractivity contribution < 1.29 is 0 Å². The van der Waals surface area contributed by atoms with Gasteiger partial charge in [0.25, 0.3) is 0 Å². The number of nitrogens with zero attached hydrogens (tertiary/aromatic N) is 2. The van der Waals surface area contributed by atoms with Crippen molar-refractivity contribution in [3.8, 4) is 0 Å². The molecule has 84 valence electrons. The van der Waals surface area contributed by atoms with Crippen LogP contribution in [0.3, 0.4) is 0 Å². The SMILES string of the molecule is C(=NNc1ncc[nH]1)c1c[nH]c2ccccc12. The molecule has 0 aliphatic carbocycles. The number of hydrogen-bond donors (Lipinski definition) is 3. The molecule has 0 saturated heterocycles. The summed E-state index contributed by atoms with van der Waals surface area (Å²) in [7, 11) is 0. The molecule has 0 amide bonds. The van der Waals surface area contributed by atoms with Gasteiger partial charge in [-0.3, -0.25) is 0 Å². The Bertz CT molecular complexity index is 636. The topological polar surface area (TPSA) is 68.9 Å². The first-order valence-electron chi connectivity index (χ1n) is 5.28. The molecule has 0 spiro atoms. The number of aromatic nitrogens is 3. The summed E-state index contributed by atoms with van der Waals surface area (Å²) in [4.78, 5) is 10.1.